The summed E-state index contributed by atoms with van der Waals surface area (Å²) in [6, 6.07) is 0. The van der Waals surface area contributed by atoms with E-state index in [1.54, 1.807) is 0 Å². The van der Waals surface area contributed by atoms with E-state index in [9.17, 15) is 14.4 Å². The minimum Gasteiger partial charge on any atom is -0.462 e. The third kappa shape index (κ3) is 51.8. The first-order valence-electron chi connectivity index (χ1n) is 27.9. The molecule has 0 radical (unpaired) electrons. The molecule has 0 heterocycles. The van der Waals surface area contributed by atoms with E-state index in [1.807, 2.05) is 0 Å². The molecule has 0 rings (SSSR count). The predicted molar refractivity (Wildman–Crippen MR) is 284 cm³/mol. The van der Waals surface area contributed by atoms with Crippen molar-refractivity contribution in [1.82, 2.24) is 0 Å². The van der Waals surface area contributed by atoms with Gasteiger partial charge in [-0.15, -0.1) is 0 Å². The molecule has 0 saturated heterocycles. The molecule has 0 spiro atoms. The van der Waals surface area contributed by atoms with E-state index in [1.165, 1.54) is 135 Å². The Bertz CT molecular complexity index is 1240. The van der Waals surface area contributed by atoms with E-state index in [4.69, 9.17) is 14.2 Å². The lowest BCUT2D eigenvalue weighted by molar-refractivity contribution is -0.167. The molecule has 380 valence electrons. The van der Waals surface area contributed by atoms with E-state index in [-0.39, 0.29) is 31.1 Å². The highest BCUT2D eigenvalue weighted by molar-refractivity contribution is 5.71. The van der Waals surface area contributed by atoms with Gasteiger partial charge in [-0.25, -0.2) is 0 Å². The fraction of sp³-hybridized carbons (Fsp3) is 0.750. The lowest BCUT2D eigenvalue weighted by Crippen LogP contribution is -2.30. The van der Waals surface area contributed by atoms with Crippen LogP contribution in [0.4, 0.5) is 0 Å². The molecule has 0 aliphatic carbocycles. The molecule has 0 fully saturated rings. The summed E-state index contributed by atoms with van der Waals surface area (Å²) >= 11 is 0. The molecule has 66 heavy (non-hydrogen) atoms. The molecule has 0 aliphatic heterocycles. The number of rotatable bonds is 50. The minimum absolute atomic E-state index is 0.0947. The van der Waals surface area contributed by atoms with Crippen molar-refractivity contribution in [2.24, 2.45) is 0 Å². The van der Waals surface area contributed by atoms with Gasteiger partial charge in [0.15, 0.2) is 6.10 Å². The molecular weight excluding hydrogens is 817 g/mol. The van der Waals surface area contributed by atoms with Crippen LogP contribution in [0.5, 0.6) is 0 Å². The number of allylic oxidation sites excluding steroid dienone is 12. The van der Waals surface area contributed by atoms with E-state index in [0.717, 1.165) is 96.3 Å². The molecule has 0 bridgehead atoms. The Labute approximate surface area is 408 Å². The smallest absolute Gasteiger partial charge is 0.306 e. The molecule has 0 amide bonds. The highest BCUT2D eigenvalue weighted by Crippen LogP contribution is 2.14. The second-order valence-corrected chi connectivity index (χ2v) is 18.5. The quantitative estimate of drug-likeness (QED) is 0.0262. The van der Waals surface area contributed by atoms with Crippen LogP contribution in [0.15, 0.2) is 72.9 Å². The van der Waals surface area contributed by atoms with Crippen LogP contribution in [0.1, 0.15) is 271 Å². The largest absolute Gasteiger partial charge is 0.462 e. The van der Waals surface area contributed by atoms with Crippen LogP contribution in [-0.2, 0) is 28.6 Å². The Morgan fingerprint density at radius 2 is 0.545 bits per heavy atom. The second-order valence-electron chi connectivity index (χ2n) is 18.5. The summed E-state index contributed by atoms with van der Waals surface area (Å²) < 4.78 is 16.8. The Balaban J connectivity index is 4.46. The lowest BCUT2D eigenvalue weighted by Gasteiger charge is -2.18. The first-order valence-corrected chi connectivity index (χ1v) is 27.9. The molecule has 0 saturated carbocycles. The van der Waals surface area contributed by atoms with Gasteiger partial charge in [0.2, 0.25) is 0 Å². The molecule has 0 aromatic carbocycles. The molecule has 0 aromatic rings. The number of unbranched alkanes of at least 4 members (excludes halogenated alkanes) is 27. The zero-order valence-corrected chi connectivity index (χ0v) is 43.4. The van der Waals surface area contributed by atoms with Crippen molar-refractivity contribution < 1.29 is 28.6 Å². The molecule has 0 N–H and O–H groups in total. The summed E-state index contributed by atoms with van der Waals surface area (Å²) in [5.41, 5.74) is 0. The number of esters is 3. The van der Waals surface area contributed by atoms with Gasteiger partial charge in [0, 0.05) is 19.3 Å². The standard InChI is InChI=1S/C60H104O6/c1-4-7-10-13-16-19-22-25-28-30-33-35-38-41-44-47-50-53-59(62)65-56-57(55-64-58(61)52-49-46-43-40-37-34-31-27-24-21-18-15-12-9-6-3)66-60(63)54-51-48-45-42-39-36-32-29-26-23-20-17-14-11-8-5-2/h16,18-19,21,25,27-29,31-32,37,40,57H,4-15,17,20,22-24,26,30,33-36,38-39,41-56H2,1-3H3/b19-16-,21-18-,28-25-,31-27-,32-29-,40-37-/t57-/m1/s1. The summed E-state index contributed by atoms with van der Waals surface area (Å²) in [5.74, 6) is -0.944. The predicted octanol–water partition coefficient (Wildman–Crippen LogP) is 18.6. The molecule has 0 aliphatic rings. The number of hydrogen-bond acceptors (Lipinski definition) is 6. The van der Waals surface area contributed by atoms with Crippen LogP contribution in [0.3, 0.4) is 0 Å². The third-order valence-electron chi connectivity index (χ3n) is 11.9. The normalized spacial score (nSPS) is 12.6. The van der Waals surface area contributed by atoms with Crippen LogP contribution in [0.2, 0.25) is 0 Å². The summed E-state index contributed by atoms with van der Waals surface area (Å²) in [5, 5.41) is 0. The molecule has 0 unspecified atom stereocenters. The maximum Gasteiger partial charge on any atom is 0.306 e. The molecule has 0 aromatic heterocycles. The van der Waals surface area contributed by atoms with Crippen LogP contribution in [-0.4, -0.2) is 37.2 Å². The van der Waals surface area contributed by atoms with Gasteiger partial charge in [0.05, 0.1) is 0 Å². The van der Waals surface area contributed by atoms with Gasteiger partial charge in [-0.3, -0.25) is 14.4 Å². The van der Waals surface area contributed by atoms with Gasteiger partial charge >= 0.3 is 17.9 Å². The number of ether oxygens (including phenoxy) is 3. The van der Waals surface area contributed by atoms with Crippen molar-refractivity contribution in [1.29, 1.82) is 0 Å². The monoisotopic (exact) mass is 921 g/mol. The van der Waals surface area contributed by atoms with Crippen molar-refractivity contribution in [3.63, 3.8) is 0 Å². The van der Waals surface area contributed by atoms with E-state index in [2.05, 4.69) is 93.7 Å². The van der Waals surface area contributed by atoms with Crippen LogP contribution < -0.4 is 0 Å². The Morgan fingerprint density at radius 3 is 0.924 bits per heavy atom. The number of carbonyl (C=O) groups is 3. The van der Waals surface area contributed by atoms with Gasteiger partial charge in [-0.2, -0.15) is 0 Å². The highest BCUT2D eigenvalue weighted by Gasteiger charge is 2.19. The zero-order chi connectivity index (χ0) is 47.9. The van der Waals surface area contributed by atoms with Gasteiger partial charge in [-0.1, -0.05) is 209 Å². The fourth-order valence-electron chi connectivity index (χ4n) is 7.65. The average molecular weight is 921 g/mol. The summed E-state index contributed by atoms with van der Waals surface area (Å²) in [4.78, 5) is 38.1. The van der Waals surface area contributed by atoms with Gasteiger partial charge in [0.25, 0.3) is 0 Å². The van der Waals surface area contributed by atoms with Crippen molar-refractivity contribution in [3.8, 4) is 0 Å². The Kier molecular flexibility index (Phi) is 51.9. The summed E-state index contributed by atoms with van der Waals surface area (Å²) in [7, 11) is 0. The van der Waals surface area contributed by atoms with Crippen LogP contribution >= 0.6 is 0 Å². The first kappa shape index (κ1) is 62.8. The Morgan fingerprint density at radius 1 is 0.303 bits per heavy atom. The average Bonchev–Trinajstić information content (AvgIpc) is 3.31. The number of carbonyl (C=O) groups excluding carboxylic acids is 3. The van der Waals surface area contributed by atoms with Gasteiger partial charge in [-0.05, 0) is 116 Å². The second kappa shape index (κ2) is 54.5. The molecule has 6 nitrogen and oxygen atoms in total. The fourth-order valence-corrected chi connectivity index (χ4v) is 7.65. The third-order valence-corrected chi connectivity index (χ3v) is 11.9. The highest BCUT2D eigenvalue weighted by atomic mass is 16.6. The van der Waals surface area contributed by atoms with Crippen molar-refractivity contribution in [3.05, 3.63) is 72.9 Å². The van der Waals surface area contributed by atoms with E-state index in [0.29, 0.717) is 19.3 Å². The van der Waals surface area contributed by atoms with Gasteiger partial charge in [0.1, 0.15) is 13.2 Å². The van der Waals surface area contributed by atoms with Crippen LogP contribution in [0, 0.1) is 0 Å². The van der Waals surface area contributed by atoms with Crippen molar-refractivity contribution >= 4 is 17.9 Å². The Hall–Kier alpha value is -3.15. The summed E-state index contributed by atoms with van der Waals surface area (Å²) in [6.07, 6.45) is 68.8. The van der Waals surface area contributed by atoms with Crippen LogP contribution in [0.25, 0.3) is 0 Å². The zero-order valence-electron chi connectivity index (χ0n) is 43.4. The minimum atomic E-state index is -0.798. The summed E-state index contributed by atoms with van der Waals surface area (Å²) in [6.45, 7) is 6.55. The van der Waals surface area contributed by atoms with E-state index >= 15 is 0 Å². The molecular formula is C60H104O6. The van der Waals surface area contributed by atoms with E-state index < -0.39 is 6.10 Å². The first-order chi connectivity index (χ1) is 32.5. The van der Waals surface area contributed by atoms with Crippen molar-refractivity contribution in [2.45, 2.75) is 277 Å². The molecule has 1 atom stereocenters. The maximum absolute atomic E-state index is 12.8. The number of hydrogen-bond donors (Lipinski definition) is 0. The lowest BCUT2D eigenvalue weighted by atomic mass is 10.1. The van der Waals surface area contributed by atoms with Crippen molar-refractivity contribution in [2.75, 3.05) is 13.2 Å². The SMILES string of the molecule is CCCCC/C=C\C/C=C\C/C=C\CCCCC(=O)OC[C@H](COC(=O)CCCCCCCCC/C=C\C/C=C\CCCCC)OC(=O)CCCCCCC/C=C\CCCCCCCCC. The topological polar surface area (TPSA) is 78.9 Å². The maximum atomic E-state index is 12.8. The molecule has 6 heteroatoms. The van der Waals surface area contributed by atoms with Gasteiger partial charge < -0.3 is 14.2 Å².